The highest BCUT2D eigenvalue weighted by molar-refractivity contribution is 5.91. The molecule has 2 rings (SSSR count). The Kier molecular flexibility index (Phi) is 5.84. The van der Waals surface area contributed by atoms with Gasteiger partial charge in [0.05, 0.1) is 7.11 Å². The maximum Gasteiger partial charge on any atom is 0.339 e. The predicted molar refractivity (Wildman–Crippen MR) is 85.0 cm³/mol. The van der Waals surface area contributed by atoms with Crippen molar-refractivity contribution in [1.29, 1.82) is 0 Å². The minimum absolute atomic E-state index is 0.0248. The highest BCUT2D eigenvalue weighted by atomic mass is 16.5. The minimum Gasteiger partial charge on any atom is -0.497 e. The van der Waals surface area contributed by atoms with Gasteiger partial charge in [0.15, 0.2) is 6.61 Å². The number of hydrogen-bond acceptors (Lipinski definition) is 4. The summed E-state index contributed by atoms with van der Waals surface area (Å²) in [6.45, 7) is 1.94. The van der Waals surface area contributed by atoms with Crippen LogP contribution in [0.25, 0.3) is 0 Å². The summed E-state index contributed by atoms with van der Waals surface area (Å²) >= 11 is 0. The maximum atomic E-state index is 12.0. The van der Waals surface area contributed by atoms with Crippen LogP contribution in [0.15, 0.2) is 18.2 Å². The lowest BCUT2D eigenvalue weighted by Crippen LogP contribution is -2.43. The summed E-state index contributed by atoms with van der Waals surface area (Å²) in [4.78, 5) is 23.3. The zero-order valence-corrected chi connectivity index (χ0v) is 13.5. The number of carbonyl (C=O) groups excluding carboxylic acids is 1. The van der Waals surface area contributed by atoms with Gasteiger partial charge in [-0.15, -0.1) is 0 Å². The molecule has 0 bridgehead atoms. The number of benzene rings is 1. The average molecular weight is 321 g/mol. The number of carboxylic acid groups (broad SMARTS) is 1. The number of aromatic carboxylic acids is 1. The molecule has 6 heteroatoms. The van der Waals surface area contributed by atoms with E-state index in [1.54, 1.807) is 6.07 Å². The summed E-state index contributed by atoms with van der Waals surface area (Å²) in [5.74, 6) is -0.306. The van der Waals surface area contributed by atoms with Crippen LogP contribution in [0.5, 0.6) is 11.5 Å². The van der Waals surface area contributed by atoms with Crippen LogP contribution < -0.4 is 14.8 Å². The summed E-state index contributed by atoms with van der Waals surface area (Å²) in [7, 11) is 1.46. The first kappa shape index (κ1) is 17.1. The number of ether oxygens (including phenoxy) is 2. The van der Waals surface area contributed by atoms with Gasteiger partial charge in [-0.3, -0.25) is 4.79 Å². The van der Waals surface area contributed by atoms with Crippen molar-refractivity contribution in [1.82, 2.24) is 5.32 Å². The topological polar surface area (TPSA) is 84.9 Å². The molecule has 0 spiro atoms. The molecule has 6 nitrogen and oxygen atoms in total. The third kappa shape index (κ3) is 4.61. The fourth-order valence-corrected chi connectivity index (χ4v) is 2.85. The quantitative estimate of drug-likeness (QED) is 0.841. The largest absolute Gasteiger partial charge is 0.497 e. The van der Waals surface area contributed by atoms with Crippen molar-refractivity contribution >= 4 is 11.9 Å². The van der Waals surface area contributed by atoms with Crippen molar-refractivity contribution in [3.05, 3.63) is 23.8 Å². The number of hydrogen-bond donors (Lipinski definition) is 2. The molecule has 0 radical (unpaired) electrons. The lowest BCUT2D eigenvalue weighted by Gasteiger charge is -2.29. The van der Waals surface area contributed by atoms with Crippen LogP contribution in [0.1, 0.15) is 43.0 Å². The fraction of sp³-hybridized carbons (Fsp3) is 0.529. The SMILES string of the molecule is COc1ccc(OCC(=O)N[C@@H]2CCCC[C@H]2C)c(C(=O)O)c1. The second kappa shape index (κ2) is 7.85. The van der Waals surface area contributed by atoms with E-state index in [2.05, 4.69) is 12.2 Å². The molecule has 0 aliphatic heterocycles. The van der Waals surface area contributed by atoms with E-state index in [9.17, 15) is 14.7 Å². The molecule has 0 aromatic heterocycles. The molecule has 1 aromatic rings. The van der Waals surface area contributed by atoms with Crippen molar-refractivity contribution in [3.63, 3.8) is 0 Å². The first-order valence-corrected chi connectivity index (χ1v) is 7.84. The molecule has 1 saturated carbocycles. The maximum absolute atomic E-state index is 12.0. The van der Waals surface area contributed by atoms with Crippen molar-refractivity contribution in [2.75, 3.05) is 13.7 Å². The standard InChI is InChI=1S/C17H23NO5/c1-11-5-3-4-6-14(11)18-16(19)10-23-15-8-7-12(22-2)9-13(15)17(20)21/h7-9,11,14H,3-6,10H2,1-2H3,(H,18,19)(H,20,21)/t11-,14-/m1/s1. The fourth-order valence-electron chi connectivity index (χ4n) is 2.85. The second-order valence-corrected chi connectivity index (χ2v) is 5.89. The lowest BCUT2D eigenvalue weighted by molar-refractivity contribution is -0.124. The van der Waals surface area contributed by atoms with Gasteiger partial charge in [0.1, 0.15) is 17.1 Å². The Bertz CT molecular complexity index is 572. The third-order valence-corrected chi connectivity index (χ3v) is 4.23. The van der Waals surface area contributed by atoms with Crippen LogP contribution in [-0.2, 0) is 4.79 Å². The summed E-state index contributed by atoms with van der Waals surface area (Å²) in [6.07, 6.45) is 4.43. The van der Waals surface area contributed by atoms with E-state index in [1.165, 1.54) is 25.7 Å². The van der Waals surface area contributed by atoms with Gasteiger partial charge in [-0.25, -0.2) is 4.79 Å². The highest BCUT2D eigenvalue weighted by Gasteiger charge is 2.23. The van der Waals surface area contributed by atoms with Crippen molar-refractivity contribution < 1.29 is 24.2 Å². The molecule has 2 N–H and O–H groups in total. The first-order chi connectivity index (χ1) is 11.0. The molecule has 2 atom stereocenters. The third-order valence-electron chi connectivity index (χ3n) is 4.23. The van der Waals surface area contributed by atoms with Crippen LogP contribution >= 0.6 is 0 Å². The predicted octanol–water partition coefficient (Wildman–Crippen LogP) is 2.47. The average Bonchev–Trinajstić information content (AvgIpc) is 2.54. The summed E-state index contributed by atoms with van der Waals surface area (Å²) in [6, 6.07) is 4.65. The second-order valence-electron chi connectivity index (χ2n) is 5.89. The summed E-state index contributed by atoms with van der Waals surface area (Å²) in [5, 5.41) is 12.2. The molecular formula is C17H23NO5. The number of rotatable bonds is 6. The number of methoxy groups -OCH3 is 1. The molecular weight excluding hydrogens is 298 g/mol. The van der Waals surface area contributed by atoms with Gasteiger partial charge in [0, 0.05) is 6.04 Å². The van der Waals surface area contributed by atoms with Gasteiger partial charge in [-0.2, -0.15) is 0 Å². The highest BCUT2D eigenvalue weighted by Crippen LogP contribution is 2.25. The molecule has 0 heterocycles. The Hall–Kier alpha value is -2.24. The van der Waals surface area contributed by atoms with Crippen LogP contribution in [0.2, 0.25) is 0 Å². The van der Waals surface area contributed by atoms with E-state index in [0.29, 0.717) is 11.7 Å². The van der Waals surface area contributed by atoms with Gasteiger partial charge in [0.2, 0.25) is 0 Å². The zero-order chi connectivity index (χ0) is 16.8. The molecule has 1 aromatic carbocycles. The van der Waals surface area contributed by atoms with Crippen molar-refractivity contribution in [3.8, 4) is 11.5 Å². The Morgan fingerprint density at radius 2 is 2.04 bits per heavy atom. The van der Waals surface area contributed by atoms with Gasteiger partial charge in [-0.05, 0) is 37.0 Å². The van der Waals surface area contributed by atoms with Crippen LogP contribution in [-0.4, -0.2) is 36.7 Å². The molecule has 1 aliphatic rings. The molecule has 126 valence electrons. The molecule has 1 aliphatic carbocycles. The first-order valence-electron chi connectivity index (χ1n) is 7.84. The number of amides is 1. The van der Waals surface area contributed by atoms with Crippen LogP contribution in [0.3, 0.4) is 0 Å². The smallest absolute Gasteiger partial charge is 0.339 e. The normalized spacial score (nSPS) is 20.6. The minimum atomic E-state index is -1.12. The van der Waals surface area contributed by atoms with Crippen molar-refractivity contribution in [2.24, 2.45) is 5.92 Å². The Morgan fingerprint density at radius 1 is 1.30 bits per heavy atom. The van der Waals surface area contributed by atoms with Gasteiger partial charge < -0.3 is 19.9 Å². The molecule has 0 unspecified atom stereocenters. The molecule has 23 heavy (non-hydrogen) atoms. The number of carboxylic acids is 1. The molecule has 0 saturated heterocycles. The van der Waals surface area contributed by atoms with Crippen LogP contribution in [0, 0.1) is 5.92 Å². The van der Waals surface area contributed by atoms with E-state index >= 15 is 0 Å². The zero-order valence-electron chi connectivity index (χ0n) is 13.5. The monoisotopic (exact) mass is 321 g/mol. The van der Waals surface area contributed by atoms with Crippen molar-refractivity contribution in [2.45, 2.75) is 38.6 Å². The van der Waals surface area contributed by atoms with Gasteiger partial charge >= 0.3 is 5.97 Å². The number of nitrogens with one attached hydrogen (secondary N) is 1. The van der Waals surface area contributed by atoms with E-state index < -0.39 is 5.97 Å². The van der Waals surface area contributed by atoms with Gasteiger partial charge in [-0.1, -0.05) is 19.8 Å². The van der Waals surface area contributed by atoms with Crippen LogP contribution in [0.4, 0.5) is 0 Å². The number of carbonyl (C=O) groups is 2. The molecule has 1 fully saturated rings. The Labute approximate surface area is 135 Å². The van der Waals surface area contributed by atoms with E-state index in [-0.39, 0.29) is 29.9 Å². The van der Waals surface area contributed by atoms with E-state index in [1.807, 2.05) is 0 Å². The Morgan fingerprint density at radius 3 is 2.70 bits per heavy atom. The summed E-state index contributed by atoms with van der Waals surface area (Å²) in [5.41, 5.74) is -0.0248. The van der Waals surface area contributed by atoms with Gasteiger partial charge in [0.25, 0.3) is 5.91 Å². The lowest BCUT2D eigenvalue weighted by atomic mass is 9.86. The van der Waals surface area contributed by atoms with E-state index in [0.717, 1.165) is 19.3 Å². The Balaban J connectivity index is 1.94. The summed E-state index contributed by atoms with van der Waals surface area (Å²) < 4.78 is 10.4. The van der Waals surface area contributed by atoms with E-state index in [4.69, 9.17) is 9.47 Å². The molecule has 1 amide bonds.